The van der Waals surface area contributed by atoms with Gasteiger partial charge in [0.05, 0.1) is 16.9 Å². The Balaban J connectivity index is 1.70. The molecule has 0 saturated heterocycles. The molecule has 1 aromatic heterocycles. The van der Waals surface area contributed by atoms with E-state index in [1.54, 1.807) is 36.4 Å². The highest BCUT2D eigenvalue weighted by Crippen LogP contribution is 2.26. The number of nitrogens with one attached hydrogen (secondary N) is 2. The number of phenols is 1. The van der Waals surface area contributed by atoms with Crippen molar-refractivity contribution < 1.29 is 9.90 Å². The molecule has 136 valence electrons. The van der Waals surface area contributed by atoms with Gasteiger partial charge in [0.25, 0.3) is 5.91 Å². The Kier molecular flexibility index (Phi) is 5.68. The molecule has 0 bridgehead atoms. The number of carbonyl (C=O) groups excluding carboxylic acids is 1. The lowest BCUT2D eigenvalue weighted by atomic mass is 10.1. The van der Waals surface area contributed by atoms with Gasteiger partial charge in [-0.25, -0.2) is 5.43 Å². The Morgan fingerprint density at radius 3 is 2.89 bits per heavy atom. The quantitative estimate of drug-likeness (QED) is 0.344. The van der Waals surface area contributed by atoms with Crippen molar-refractivity contribution in [3.63, 3.8) is 0 Å². The van der Waals surface area contributed by atoms with Gasteiger partial charge in [-0.3, -0.25) is 9.89 Å². The van der Waals surface area contributed by atoms with Crippen LogP contribution in [-0.2, 0) is 6.42 Å². The number of hydrogen-bond donors (Lipinski definition) is 3. The van der Waals surface area contributed by atoms with E-state index in [1.165, 1.54) is 6.21 Å². The lowest BCUT2D eigenvalue weighted by Crippen LogP contribution is -2.18. The third-order valence-electron chi connectivity index (χ3n) is 3.86. The second-order valence-corrected chi connectivity index (χ2v) is 6.10. The third kappa shape index (κ3) is 4.24. The monoisotopic (exact) mass is 380 g/mol. The molecular formula is C20H17ClN4O2. The zero-order valence-corrected chi connectivity index (χ0v) is 15.1. The van der Waals surface area contributed by atoms with Gasteiger partial charge in [0.15, 0.2) is 0 Å². The smallest absolute Gasteiger partial charge is 0.289 e. The number of aromatic nitrogens is 2. The Morgan fingerprint density at radius 1 is 1.30 bits per heavy atom. The summed E-state index contributed by atoms with van der Waals surface area (Å²) in [4.78, 5) is 12.2. The molecule has 0 spiro atoms. The maximum atomic E-state index is 12.2. The van der Waals surface area contributed by atoms with Crippen molar-refractivity contribution in [1.82, 2.24) is 15.6 Å². The molecule has 1 amide bonds. The van der Waals surface area contributed by atoms with Crippen molar-refractivity contribution in [2.24, 2.45) is 5.10 Å². The van der Waals surface area contributed by atoms with Crippen LogP contribution in [0.15, 0.2) is 66.3 Å². The zero-order chi connectivity index (χ0) is 19.2. The maximum Gasteiger partial charge on any atom is 0.289 e. The number of H-pyrrole nitrogens is 1. The Labute approximate surface area is 161 Å². The molecule has 3 aromatic rings. The summed E-state index contributed by atoms with van der Waals surface area (Å²) in [6, 6.07) is 14.1. The van der Waals surface area contributed by atoms with Gasteiger partial charge >= 0.3 is 0 Å². The summed E-state index contributed by atoms with van der Waals surface area (Å²) >= 11 is 6.14. The summed E-state index contributed by atoms with van der Waals surface area (Å²) in [5, 5.41) is 21.4. The lowest BCUT2D eigenvalue weighted by molar-refractivity contribution is 0.0950. The molecule has 0 aliphatic rings. The van der Waals surface area contributed by atoms with E-state index in [-0.39, 0.29) is 11.4 Å². The van der Waals surface area contributed by atoms with E-state index in [4.69, 9.17) is 11.6 Å². The number of para-hydroxylation sites is 1. The van der Waals surface area contributed by atoms with Gasteiger partial charge in [0.1, 0.15) is 11.4 Å². The minimum Gasteiger partial charge on any atom is -0.507 e. The summed E-state index contributed by atoms with van der Waals surface area (Å²) in [5.74, 6) is -0.350. The van der Waals surface area contributed by atoms with E-state index >= 15 is 0 Å². The predicted octanol–water partition coefficient (Wildman–Crippen LogP) is 3.93. The molecule has 0 atom stereocenters. The van der Waals surface area contributed by atoms with Crippen molar-refractivity contribution in [2.45, 2.75) is 6.42 Å². The molecule has 7 heteroatoms. The molecule has 0 saturated carbocycles. The molecule has 0 aliphatic carbocycles. The van der Waals surface area contributed by atoms with E-state index in [2.05, 4.69) is 27.3 Å². The van der Waals surface area contributed by atoms with Crippen LogP contribution in [0.3, 0.4) is 0 Å². The minimum atomic E-state index is -0.459. The highest BCUT2D eigenvalue weighted by Gasteiger charge is 2.12. The number of hydrogen-bond acceptors (Lipinski definition) is 4. The van der Waals surface area contributed by atoms with Crippen molar-refractivity contribution in [3.8, 4) is 17.0 Å². The van der Waals surface area contributed by atoms with Crippen LogP contribution < -0.4 is 5.43 Å². The average molecular weight is 381 g/mol. The molecule has 0 unspecified atom stereocenters. The standard InChI is InChI=1S/C20H17ClN4O2/c1-2-6-13-7-5-8-14(19(13)26)12-22-25-20(27)18-11-17(23-24-18)15-9-3-4-10-16(15)21/h2-5,7-12,26H,1,6H2,(H,23,24)(H,25,27)/b22-12-. The fourth-order valence-electron chi connectivity index (χ4n) is 2.50. The number of allylic oxidation sites excluding steroid dienone is 1. The number of halogens is 1. The van der Waals surface area contributed by atoms with E-state index in [0.29, 0.717) is 22.7 Å². The van der Waals surface area contributed by atoms with Crippen LogP contribution in [-0.4, -0.2) is 27.4 Å². The van der Waals surface area contributed by atoms with Gasteiger partial charge < -0.3 is 5.11 Å². The molecular weight excluding hydrogens is 364 g/mol. The van der Waals surface area contributed by atoms with Crippen LogP contribution >= 0.6 is 11.6 Å². The van der Waals surface area contributed by atoms with E-state index in [0.717, 1.165) is 11.1 Å². The summed E-state index contributed by atoms with van der Waals surface area (Å²) < 4.78 is 0. The van der Waals surface area contributed by atoms with Crippen LogP contribution in [0.4, 0.5) is 0 Å². The fourth-order valence-corrected chi connectivity index (χ4v) is 2.73. The van der Waals surface area contributed by atoms with Crippen molar-refractivity contribution in [1.29, 1.82) is 0 Å². The molecule has 3 N–H and O–H groups in total. The molecule has 3 rings (SSSR count). The molecule has 2 aromatic carbocycles. The maximum absolute atomic E-state index is 12.2. The van der Waals surface area contributed by atoms with Crippen LogP contribution in [0, 0.1) is 0 Å². The molecule has 0 aliphatic heterocycles. The van der Waals surface area contributed by atoms with Crippen molar-refractivity contribution >= 4 is 23.7 Å². The SMILES string of the molecule is C=CCc1cccc(/C=N\NC(=O)c2cc(-c3ccccc3Cl)n[nH]2)c1O. The first-order valence-electron chi connectivity index (χ1n) is 8.15. The molecule has 0 fully saturated rings. The number of aromatic amines is 1. The predicted molar refractivity (Wildman–Crippen MR) is 106 cm³/mol. The number of phenolic OH excluding ortho intramolecular Hbond substituents is 1. The van der Waals surface area contributed by atoms with Gasteiger partial charge in [-0.15, -0.1) is 6.58 Å². The highest BCUT2D eigenvalue weighted by molar-refractivity contribution is 6.33. The molecule has 27 heavy (non-hydrogen) atoms. The van der Waals surface area contributed by atoms with Gasteiger partial charge in [0.2, 0.25) is 0 Å². The first kappa shape index (κ1) is 18.4. The topological polar surface area (TPSA) is 90.4 Å². The Morgan fingerprint density at radius 2 is 2.11 bits per heavy atom. The van der Waals surface area contributed by atoms with Crippen LogP contribution in [0.1, 0.15) is 21.6 Å². The summed E-state index contributed by atoms with van der Waals surface area (Å²) in [7, 11) is 0. The Hall–Kier alpha value is -3.38. The Bertz CT molecular complexity index is 1010. The van der Waals surface area contributed by atoms with Crippen LogP contribution in [0.25, 0.3) is 11.3 Å². The summed E-state index contributed by atoms with van der Waals surface area (Å²) in [6.07, 6.45) is 3.62. The van der Waals surface area contributed by atoms with Crippen molar-refractivity contribution in [3.05, 3.63) is 83.0 Å². The molecule has 0 radical (unpaired) electrons. The summed E-state index contributed by atoms with van der Waals surface area (Å²) in [5.41, 5.74) is 5.16. The minimum absolute atomic E-state index is 0.109. The number of nitrogens with zero attached hydrogens (tertiary/aromatic N) is 2. The highest BCUT2D eigenvalue weighted by atomic mass is 35.5. The van der Waals surface area contributed by atoms with Gasteiger partial charge in [-0.1, -0.05) is 48.0 Å². The molecule has 1 heterocycles. The lowest BCUT2D eigenvalue weighted by Gasteiger charge is -2.04. The number of benzene rings is 2. The van der Waals surface area contributed by atoms with E-state index in [1.807, 2.05) is 18.2 Å². The van der Waals surface area contributed by atoms with E-state index < -0.39 is 5.91 Å². The molecule has 6 nitrogen and oxygen atoms in total. The largest absolute Gasteiger partial charge is 0.507 e. The normalized spacial score (nSPS) is 10.9. The van der Waals surface area contributed by atoms with Gasteiger partial charge in [-0.05, 0) is 30.2 Å². The second kappa shape index (κ2) is 8.33. The number of hydrazone groups is 1. The number of carbonyl (C=O) groups is 1. The number of amides is 1. The van der Waals surface area contributed by atoms with Gasteiger partial charge in [-0.2, -0.15) is 10.2 Å². The summed E-state index contributed by atoms with van der Waals surface area (Å²) in [6.45, 7) is 3.66. The number of aromatic hydroxyl groups is 1. The first-order chi connectivity index (χ1) is 13.1. The van der Waals surface area contributed by atoms with E-state index in [9.17, 15) is 9.90 Å². The first-order valence-corrected chi connectivity index (χ1v) is 8.53. The van der Waals surface area contributed by atoms with Crippen LogP contribution in [0.5, 0.6) is 5.75 Å². The number of rotatable bonds is 6. The van der Waals surface area contributed by atoms with Crippen LogP contribution in [0.2, 0.25) is 5.02 Å². The fraction of sp³-hybridized carbons (Fsp3) is 0.0500. The third-order valence-corrected chi connectivity index (χ3v) is 4.19. The zero-order valence-electron chi connectivity index (χ0n) is 14.3. The van der Waals surface area contributed by atoms with Crippen molar-refractivity contribution in [2.75, 3.05) is 0 Å². The average Bonchev–Trinajstić information content (AvgIpc) is 3.15. The second-order valence-electron chi connectivity index (χ2n) is 5.69. The van der Waals surface area contributed by atoms with Gasteiger partial charge in [0, 0.05) is 11.1 Å².